The Bertz CT molecular complexity index is 212. The van der Waals surface area contributed by atoms with E-state index < -0.39 is 12.0 Å². The van der Waals surface area contributed by atoms with E-state index in [4.69, 9.17) is 0 Å². The van der Waals surface area contributed by atoms with Crippen LogP contribution in [-0.2, 0) is 0 Å². The summed E-state index contributed by atoms with van der Waals surface area (Å²) in [4.78, 5) is 0. The van der Waals surface area contributed by atoms with Crippen LogP contribution in [0.1, 0.15) is 25.7 Å². The highest BCUT2D eigenvalue weighted by Gasteiger charge is 2.57. The maximum absolute atomic E-state index is 13.6. The number of piperidine rings is 1. The van der Waals surface area contributed by atoms with Crippen LogP contribution in [0.25, 0.3) is 0 Å². The van der Waals surface area contributed by atoms with Crippen molar-refractivity contribution in [3.63, 3.8) is 0 Å². The Morgan fingerprint density at radius 1 is 1.14 bits per heavy atom. The molecule has 1 atom stereocenters. The monoisotopic (exact) mass is 204 g/mol. The van der Waals surface area contributed by atoms with Crippen molar-refractivity contribution in [1.29, 1.82) is 0 Å². The van der Waals surface area contributed by atoms with Gasteiger partial charge in [-0.1, -0.05) is 0 Å². The molecule has 0 aromatic carbocycles. The van der Waals surface area contributed by atoms with E-state index in [9.17, 15) is 8.78 Å². The molecule has 82 valence electrons. The second-order valence-electron chi connectivity index (χ2n) is 4.60. The summed E-state index contributed by atoms with van der Waals surface area (Å²) in [6, 6.07) is -0.614. The summed E-state index contributed by atoms with van der Waals surface area (Å²) in [7, 11) is 1.66. The van der Waals surface area contributed by atoms with Crippen LogP contribution < -0.4 is 10.6 Å². The summed E-state index contributed by atoms with van der Waals surface area (Å²) in [5.74, 6) is -2.51. The molecule has 1 aliphatic heterocycles. The zero-order valence-electron chi connectivity index (χ0n) is 8.58. The molecule has 1 heterocycles. The first-order chi connectivity index (χ1) is 6.61. The van der Waals surface area contributed by atoms with Crippen molar-refractivity contribution >= 4 is 0 Å². The average Bonchev–Trinajstić information content (AvgIpc) is 2.40. The molecule has 2 nitrogen and oxygen atoms in total. The topological polar surface area (TPSA) is 24.1 Å². The molecular weight excluding hydrogens is 186 g/mol. The molecule has 1 saturated heterocycles. The molecule has 1 spiro atoms. The predicted octanol–water partition coefficient (Wildman–Crippen LogP) is 1.37. The largest absolute Gasteiger partial charge is 0.317 e. The van der Waals surface area contributed by atoms with E-state index in [1.54, 1.807) is 7.05 Å². The van der Waals surface area contributed by atoms with Crippen molar-refractivity contribution in [1.82, 2.24) is 10.6 Å². The smallest absolute Gasteiger partial charge is 0.263 e. The van der Waals surface area contributed by atoms with Crippen LogP contribution in [0.15, 0.2) is 0 Å². The molecule has 0 radical (unpaired) electrons. The lowest BCUT2D eigenvalue weighted by atomic mass is 9.74. The fourth-order valence-corrected chi connectivity index (χ4v) is 3.13. The van der Waals surface area contributed by atoms with Gasteiger partial charge in [0.15, 0.2) is 0 Å². The molecule has 2 N–H and O–H groups in total. The van der Waals surface area contributed by atoms with Crippen LogP contribution in [0.4, 0.5) is 8.78 Å². The number of nitrogens with one attached hydrogen (secondary N) is 2. The molecule has 14 heavy (non-hydrogen) atoms. The lowest BCUT2D eigenvalue weighted by molar-refractivity contribution is -0.0407. The van der Waals surface area contributed by atoms with Crippen molar-refractivity contribution in [2.24, 2.45) is 5.41 Å². The zero-order valence-corrected chi connectivity index (χ0v) is 8.58. The third kappa shape index (κ3) is 1.44. The Morgan fingerprint density at radius 3 is 2.36 bits per heavy atom. The fourth-order valence-electron chi connectivity index (χ4n) is 3.13. The molecule has 0 bridgehead atoms. The summed E-state index contributed by atoms with van der Waals surface area (Å²) >= 11 is 0. The van der Waals surface area contributed by atoms with E-state index in [1.165, 1.54) is 0 Å². The molecule has 2 rings (SSSR count). The predicted molar refractivity (Wildman–Crippen MR) is 51.6 cm³/mol. The van der Waals surface area contributed by atoms with Crippen molar-refractivity contribution < 1.29 is 8.78 Å². The first kappa shape index (κ1) is 10.3. The molecule has 0 aromatic rings. The Kier molecular flexibility index (Phi) is 2.52. The minimum absolute atomic E-state index is 0.0541. The van der Waals surface area contributed by atoms with Crippen LogP contribution in [0.2, 0.25) is 0 Å². The number of hydrogen-bond acceptors (Lipinski definition) is 2. The number of alkyl halides is 2. The highest BCUT2D eigenvalue weighted by molar-refractivity contribution is 5.06. The van der Waals surface area contributed by atoms with Gasteiger partial charge >= 0.3 is 0 Å². The summed E-state index contributed by atoms with van der Waals surface area (Å²) in [5, 5.41) is 6.07. The van der Waals surface area contributed by atoms with Crippen LogP contribution in [0, 0.1) is 5.41 Å². The molecule has 0 amide bonds. The van der Waals surface area contributed by atoms with Crippen LogP contribution in [0.5, 0.6) is 0 Å². The average molecular weight is 204 g/mol. The molecule has 4 heteroatoms. The highest BCUT2D eigenvalue weighted by Crippen LogP contribution is 2.51. The Hall–Kier alpha value is -0.220. The molecule has 2 fully saturated rings. The number of hydrogen-bond donors (Lipinski definition) is 2. The van der Waals surface area contributed by atoms with Crippen molar-refractivity contribution in [3.8, 4) is 0 Å². The lowest BCUT2D eigenvalue weighted by Crippen LogP contribution is -2.52. The first-order valence-corrected chi connectivity index (χ1v) is 5.37. The van der Waals surface area contributed by atoms with Crippen molar-refractivity contribution in [3.05, 3.63) is 0 Å². The third-order valence-corrected chi connectivity index (χ3v) is 3.88. The highest BCUT2D eigenvalue weighted by atomic mass is 19.3. The van der Waals surface area contributed by atoms with Gasteiger partial charge in [-0.15, -0.1) is 0 Å². The summed E-state index contributed by atoms with van der Waals surface area (Å²) in [6.45, 7) is 1.77. The minimum atomic E-state index is -2.51. The van der Waals surface area contributed by atoms with E-state index in [-0.39, 0.29) is 11.8 Å². The Morgan fingerprint density at radius 2 is 1.79 bits per heavy atom. The molecular formula is C10H18F2N2. The van der Waals surface area contributed by atoms with Gasteiger partial charge in [0.25, 0.3) is 5.92 Å². The Balaban J connectivity index is 2.18. The van der Waals surface area contributed by atoms with Gasteiger partial charge in [-0.2, -0.15) is 0 Å². The maximum Gasteiger partial charge on any atom is 0.263 e. The van der Waals surface area contributed by atoms with Crippen LogP contribution in [-0.4, -0.2) is 32.1 Å². The molecule has 0 aromatic heterocycles. The van der Waals surface area contributed by atoms with E-state index >= 15 is 0 Å². The van der Waals surface area contributed by atoms with Gasteiger partial charge in [-0.3, -0.25) is 0 Å². The maximum atomic E-state index is 13.6. The molecule has 1 aliphatic carbocycles. The molecule has 2 aliphatic rings. The standard InChI is InChI=1S/C10H18F2N2/c1-13-8-9(2-3-10(8,11)12)4-6-14-7-5-9/h8,13-14H,2-7H2,1H3/t8-/m0/s1. The fraction of sp³-hybridized carbons (Fsp3) is 1.00. The van der Waals surface area contributed by atoms with E-state index in [1.807, 2.05) is 0 Å². The van der Waals surface area contributed by atoms with E-state index in [0.717, 1.165) is 25.9 Å². The summed E-state index contributed by atoms with van der Waals surface area (Å²) in [6.07, 6.45) is 2.49. The number of rotatable bonds is 1. The van der Waals surface area contributed by atoms with Gasteiger partial charge in [0.05, 0.1) is 6.04 Å². The minimum Gasteiger partial charge on any atom is -0.317 e. The van der Waals surface area contributed by atoms with Gasteiger partial charge < -0.3 is 10.6 Å². The first-order valence-electron chi connectivity index (χ1n) is 5.37. The molecule has 0 unspecified atom stereocenters. The van der Waals surface area contributed by atoms with Gasteiger partial charge in [0.2, 0.25) is 0 Å². The second-order valence-corrected chi connectivity index (χ2v) is 4.60. The molecule has 1 saturated carbocycles. The van der Waals surface area contributed by atoms with Crippen LogP contribution in [0.3, 0.4) is 0 Å². The van der Waals surface area contributed by atoms with Gasteiger partial charge in [0.1, 0.15) is 0 Å². The van der Waals surface area contributed by atoms with Gasteiger partial charge in [-0.05, 0) is 44.8 Å². The summed E-state index contributed by atoms with van der Waals surface area (Å²) in [5.41, 5.74) is -0.149. The zero-order chi connectivity index (χ0) is 10.2. The second kappa shape index (κ2) is 3.42. The number of halogens is 2. The quantitative estimate of drug-likeness (QED) is 0.674. The van der Waals surface area contributed by atoms with E-state index in [0.29, 0.717) is 6.42 Å². The van der Waals surface area contributed by atoms with Crippen molar-refractivity contribution in [2.75, 3.05) is 20.1 Å². The SMILES string of the molecule is CN[C@@H]1C(F)(F)CCC12CCNCC2. The van der Waals surface area contributed by atoms with Crippen molar-refractivity contribution in [2.45, 2.75) is 37.6 Å². The van der Waals surface area contributed by atoms with Gasteiger partial charge in [0, 0.05) is 6.42 Å². The lowest BCUT2D eigenvalue weighted by Gasteiger charge is -2.40. The third-order valence-electron chi connectivity index (χ3n) is 3.88. The summed E-state index contributed by atoms with van der Waals surface area (Å²) < 4.78 is 27.1. The van der Waals surface area contributed by atoms with E-state index in [2.05, 4.69) is 10.6 Å². The van der Waals surface area contributed by atoms with Gasteiger partial charge in [-0.25, -0.2) is 8.78 Å². The Labute approximate surface area is 83.4 Å². The van der Waals surface area contributed by atoms with Crippen LogP contribution >= 0.6 is 0 Å². The normalized spacial score (nSPS) is 34.9.